The average molecular weight is 333 g/mol. The van der Waals surface area contributed by atoms with Gasteiger partial charge in [-0.05, 0) is 36.8 Å². The topological polar surface area (TPSA) is 55.6 Å². The first-order valence-corrected chi connectivity index (χ1v) is 7.95. The van der Waals surface area contributed by atoms with E-state index in [9.17, 15) is 4.39 Å². The van der Waals surface area contributed by atoms with Crippen molar-refractivity contribution in [2.45, 2.75) is 13.5 Å². The lowest BCUT2D eigenvalue weighted by Gasteiger charge is -2.07. The molecule has 2 aromatic heterocycles. The Kier molecular flexibility index (Phi) is 3.85. The summed E-state index contributed by atoms with van der Waals surface area (Å²) >= 11 is 0. The zero-order valence-electron chi connectivity index (χ0n) is 13.6. The number of benzene rings is 2. The van der Waals surface area contributed by atoms with Gasteiger partial charge in [-0.3, -0.25) is 0 Å². The van der Waals surface area contributed by atoms with Crippen LogP contribution in [0.3, 0.4) is 0 Å². The van der Waals surface area contributed by atoms with Gasteiger partial charge in [0, 0.05) is 6.54 Å². The summed E-state index contributed by atoms with van der Waals surface area (Å²) in [7, 11) is 0. The number of fused-ring (bicyclic) bond motifs is 1. The molecule has 124 valence electrons. The van der Waals surface area contributed by atoms with Crippen molar-refractivity contribution in [3.05, 3.63) is 78.0 Å². The summed E-state index contributed by atoms with van der Waals surface area (Å²) in [5.41, 5.74) is 3.85. The van der Waals surface area contributed by atoms with Crippen molar-refractivity contribution in [3.63, 3.8) is 0 Å². The van der Waals surface area contributed by atoms with Gasteiger partial charge in [0.15, 0.2) is 5.65 Å². The van der Waals surface area contributed by atoms with E-state index in [4.69, 9.17) is 0 Å². The summed E-state index contributed by atoms with van der Waals surface area (Å²) in [5.74, 6) is 0.459. The number of nitrogens with one attached hydrogen (secondary N) is 1. The third-order valence-corrected chi connectivity index (χ3v) is 4.02. The Morgan fingerprint density at radius 2 is 1.76 bits per heavy atom. The fourth-order valence-corrected chi connectivity index (χ4v) is 2.65. The molecule has 0 fully saturated rings. The van der Waals surface area contributed by atoms with Gasteiger partial charge in [0.1, 0.15) is 18.0 Å². The summed E-state index contributed by atoms with van der Waals surface area (Å²) < 4.78 is 14.8. The van der Waals surface area contributed by atoms with E-state index in [2.05, 4.69) is 20.4 Å². The number of hydrogen-bond acceptors (Lipinski definition) is 4. The lowest BCUT2D eigenvalue weighted by atomic mass is 10.2. The molecular formula is C19H16FN5. The minimum Gasteiger partial charge on any atom is -0.365 e. The third kappa shape index (κ3) is 3.06. The second kappa shape index (κ2) is 6.32. The van der Waals surface area contributed by atoms with Crippen LogP contribution in [0.15, 0.2) is 61.1 Å². The van der Waals surface area contributed by atoms with E-state index >= 15 is 0 Å². The molecule has 4 aromatic rings. The molecule has 0 bridgehead atoms. The molecule has 5 nitrogen and oxygen atoms in total. The van der Waals surface area contributed by atoms with Crippen molar-refractivity contribution >= 4 is 16.9 Å². The number of aromatic nitrogens is 4. The molecule has 0 amide bonds. The van der Waals surface area contributed by atoms with E-state index < -0.39 is 0 Å². The molecule has 0 aliphatic heterocycles. The monoisotopic (exact) mass is 333 g/mol. The first-order chi connectivity index (χ1) is 12.2. The van der Waals surface area contributed by atoms with Gasteiger partial charge in [-0.25, -0.2) is 19.0 Å². The Morgan fingerprint density at radius 1 is 1.00 bits per heavy atom. The molecule has 0 aliphatic rings. The lowest BCUT2D eigenvalue weighted by Crippen LogP contribution is -2.03. The highest BCUT2D eigenvalue weighted by Crippen LogP contribution is 2.22. The maximum Gasteiger partial charge on any atom is 0.168 e. The van der Waals surface area contributed by atoms with Crippen LogP contribution in [-0.4, -0.2) is 19.7 Å². The Balaban J connectivity index is 1.64. The van der Waals surface area contributed by atoms with Crippen molar-refractivity contribution < 1.29 is 4.39 Å². The first-order valence-electron chi connectivity index (χ1n) is 7.95. The van der Waals surface area contributed by atoms with E-state index in [1.165, 1.54) is 24.0 Å². The first kappa shape index (κ1) is 15.3. The zero-order chi connectivity index (χ0) is 17.2. The zero-order valence-corrected chi connectivity index (χ0v) is 13.6. The third-order valence-electron chi connectivity index (χ3n) is 4.02. The largest absolute Gasteiger partial charge is 0.365 e. The molecule has 2 heterocycles. The highest BCUT2D eigenvalue weighted by Gasteiger charge is 2.11. The summed E-state index contributed by atoms with van der Waals surface area (Å²) in [5, 5.41) is 8.56. The standard InChI is InChI=1S/C19H16FN5/c1-13-2-8-16(9-3-13)25-19-17(11-24-25)18(22-12-23-19)21-10-14-4-6-15(20)7-5-14/h2-9,11-12H,10H2,1H3,(H,21,22,23). The van der Waals surface area contributed by atoms with Gasteiger partial charge in [0.25, 0.3) is 0 Å². The fourth-order valence-electron chi connectivity index (χ4n) is 2.65. The van der Waals surface area contributed by atoms with Gasteiger partial charge in [0.05, 0.1) is 17.3 Å². The summed E-state index contributed by atoms with van der Waals surface area (Å²) in [6, 6.07) is 14.5. The number of rotatable bonds is 4. The van der Waals surface area contributed by atoms with Crippen molar-refractivity contribution in [3.8, 4) is 5.69 Å². The number of hydrogen-bond donors (Lipinski definition) is 1. The Labute approximate surface area is 144 Å². The maximum atomic E-state index is 13.0. The van der Waals surface area contributed by atoms with Crippen LogP contribution in [0.25, 0.3) is 16.7 Å². The van der Waals surface area contributed by atoms with Gasteiger partial charge < -0.3 is 5.32 Å². The summed E-state index contributed by atoms with van der Waals surface area (Å²) in [4.78, 5) is 8.68. The SMILES string of the molecule is Cc1ccc(-n2ncc3c(NCc4ccc(F)cc4)ncnc32)cc1. The van der Waals surface area contributed by atoms with Crippen LogP contribution in [0.5, 0.6) is 0 Å². The van der Waals surface area contributed by atoms with Crippen molar-refractivity contribution in [2.75, 3.05) is 5.32 Å². The van der Waals surface area contributed by atoms with Gasteiger partial charge in [-0.2, -0.15) is 5.10 Å². The second-order valence-electron chi connectivity index (χ2n) is 5.83. The summed E-state index contributed by atoms with van der Waals surface area (Å²) in [6.07, 6.45) is 3.27. The highest BCUT2D eigenvalue weighted by molar-refractivity contribution is 5.87. The smallest absolute Gasteiger partial charge is 0.168 e. The molecule has 25 heavy (non-hydrogen) atoms. The minimum absolute atomic E-state index is 0.243. The van der Waals surface area contributed by atoms with E-state index in [1.54, 1.807) is 23.0 Å². The van der Waals surface area contributed by atoms with Crippen molar-refractivity contribution in [2.24, 2.45) is 0 Å². The molecule has 4 rings (SSSR count). The Bertz CT molecular complexity index is 1010. The van der Waals surface area contributed by atoms with Crippen LogP contribution in [0.2, 0.25) is 0 Å². The quantitative estimate of drug-likeness (QED) is 0.616. The van der Waals surface area contributed by atoms with Crippen molar-refractivity contribution in [1.29, 1.82) is 0 Å². The number of aryl methyl sites for hydroxylation is 1. The molecule has 0 unspecified atom stereocenters. The van der Waals surface area contributed by atoms with Crippen LogP contribution in [0.1, 0.15) is 11.1 Å². The van der Waals surface area contributed by atoms with Crippen molar-refractivity contribution in [1.82, 2.24) is 19.7 Å². The normalized spacial score (nSPS) is 11.0. The van der Waals surface area contributed by atoms with Crippen LogP contribution < -0.4 is 5.32 Å². The van der Waals surface area contributed by atoms with E-state index in [-0.39, 0.29) is 5.82 Å². The molecule has 0 atom stereocenters. The highest BCUT2D eigenvalue weighted by atomic mass is 19.1. The lowest BCUT2D eigenvalue weighted by molar-refractivity contribution is 0.627. The molecule has 0 radical (unpaired) electrons. The molecule has 0 spiro atoms. The van der Waals surface area contributed by atoms with Gasteiger partial charge >= 0.3 is 0 Å². The molecule has 6 heteroatoms. The summed E-state index contributed by atoms with van der Waals surface area (Å²) in [6.45, 7) is 2.59. The van der Waals surface area contributed by atoms with Gasteiger partial charge in [0.2, 0.25) is 0 Å². The van der Waals surface area contributed by atoms with E-state index in [0.29, 0.717) is 12.4 Å². The predicted molar refractivity (Wildman–Crippen MR) is 95.1 cm³/mol. The molecule has 0 saturated carbocycles. The number of anilines is 1. The average Bonchev–Trinajstić information content (AvgIpc) is 3.07. The predicted octanol–water partition coefficient (Wildman–Crippen LogP) is 3.88. The van der Waals surface area contributed by atoms with E-state index in [1.807, 2.05) is 31.2 Å². The fraction of sp³-hybridized carbons (Fsp3) is 0.105. The van der Waals surface area contributed by atoms with Crippen LogP contribution in [-0.2, 0) is 6.54 Å². The number of halogens is 1. The Morgan fingerprint density at radius 3 is 2.52 bits per heavy atom. The molecule has 2 aromatic carbocycles. The van der Waals surface area contributed by atoms with E-state index in [0.717, 1.165) is 22.3 Å². The van der Waals surface area contributed by atoms with Gasteiger partial charge in [-0.15, -0.1) is 0 Å². The molecule has 1 N–H and O–H groups in total. The van der Waals surface area contributed by atoms with Crippen LogP contribution >= 0.6 is 0 Å². The minimum atomic E-state index is -0.243. The van der Waals surface area contributed by atoms with Crippen LogP contribution in [0, 0.1) is 12.7 Å². The molecule has 0 saturated heterocycles. The molecular weight excluding hydrogens is 317 g/mol. The Hall–Kier alpha value is -3.28. The van der Waals surface area contributed by atoms with Crippen LogP contribution in [0.4, 0.5) is 10.2 Å². The maximum absolute atomic E-state index is 13.0. The molecule has 0 aliphatic carbocycles. The second-order valence-corrected chi connectivity index (χ2v) is 5.83. The number of nitrogens with zero attached hydrogens (tertiary/aromatic N) is 4. The van der Waals surface area contributed by atoms with Gasteiger partial charge in [-0.1, -0.05) is 29.8 Å².